The van der Waals surface area contributed by atoms with Crippen LogP contribution in [0.4, 0.5) is 4.39 Å². The van der Waals surface area contributed by atoms with Crippen molar-refractivity contribution >= 4 is 17.3 Å². The zero-order valence-electron chi connectivity index (χ0n) is 13.2. The summed E-state index contributed by atoms with van der Waals surface area (Å²) in [6.07, 6.45) is 2.01. The van der Waals surface area contributed by atoms with Gasteiger partial charge in [-0.2, -0.15) is 0 Å². The molecule has 2 rings (SSSR count). The number of benzene rings is 1. The average Bonchev–Trinajstić information content (AvgIpc) is 2.94. The molecule has 2 aromatic rings. The Bertz CT molecular complexity index is 631. The number of hydrogen-bond acceptors (Lipinski definition) is 5. The molecule has 0 unspecified atom stereocenters. The monoisotopic (exact) mass is 336 g/mol. The highest BCUT2D eigenvalue weighted by molar-refractivity contribution is 7.09. The number of ether oxygens (including phenoxy) is 1. The average molecular weight is 336 g/mol. The smallest absolute Gasteiger partial charge is 0.311 e. The number of halogens is 1. The molecule has 23 heavy (non-hydrogen) atoms. The van der Waals surface area contributed by atoms with Crippen LogP contribution in [0.1, 0.15) is 29.6 Å². The van der Waals surface area contributed by atoms with Crippen LogP contribution in [-0.4, -0.2) is 24.1 Å². The molecule has 4 nitrogen and oxygen atoms in total. The highest BCUT2D eigenvalue weighted by Gasteiger charge is 2.08. The second-order valence-corrected chi connectivity index (χ2v) is 6.07. The normalized spacial score (nSPS) is 10.7. The van der Waals surface area contributed by atoms with Gasteiger partial charge in [-0.25, -0.2) is 9.37 Å². The van der Waals surface area contributed by atoms with Gasteiger partial charge in [0.1, 0.15) is 10.8 Å². The fraction of sp³-hybridized carbons (Fsp3) is 0.412. The Balaban J connectivity index is 1.64. The van der Waals surface area contributed by atoms with Gasteiger partial charge in [-0.3, -0.25) is 4.79 Å². The number of thiazole rings is 1. The molecule has 6 heteroatoms. The van der Waals surface area contributed by atoms with Gasteiger partial charge in [0.2, 0.25) is 0 Å². The Morgan fingerprint density at radius 1 is 1.43 bits per heavy atom. The quantitative estimate of drug-likeness (QED) is 0.565. The molecule has 0 amide bonds. The van der Waals surface area contributed by atoms with Gasteiger partial charge in [0, 0.05) is 11.9 Å². The van der Waals surface area contributed by atoms with Crippen molar-refractivity contribution in [2.24, 2.45) is 0 Å². The fourth-order valence-electron chi connectivity index (χ4n) is 2.18. The number of nitrogens with zero attached hydrogens (tertiary/aromatic N) is 1. The molecule has 0 bridgehead atoms. The van der Waals surface area contributed by atoms with Crippen molar-refractivity contribution in [2.75, 3.05) is 13.2 Å². The molecule has 1 heterocycles. The van der Waals surface area contributed by atoms with Gasteiger partial charge in [0.15, 0.2) is 0 Å². The molecule has 0 aliphatic rings. The summed E-state index contributed by atoms with van der Waals surface area (Å²) in [5, 5.41) is 6.16. The van der Waals surface area contributed by atoms with Crippen molar-refractivity contribution in [1.82, 2.24) is 10.3 Å². The molecule has 1 N–H and O–H groups in total. The topological polar surface area (TPSA) is 51.2 Å². The zero-order chi connectivity index (χ0) is 16.5. The van der Waals surface area contributed by atoms with E-state index in [2.05, 4.69) is 10.3 Å². The molecule has 0 aliphatic heterocycles. The fourth-order valence-corrected chi connectivity index (χ4v) is 2.94. The second-order valence-electron chi connectivity index (χ2n) is 5.12. The number of rotatable bonds is 9. The molecule has 0 spiro atoms. The third-order valence-corrected chi connectivity index (χ3v) is 4.11. The number of carbonyl (C=O) groups excluding carboxylic acids is 1. The molecule has 0 aliphatic carbocycles. The maximum atomic E-state index is 13.0. The first-order valence-corrected chi connectivity index (χ1v) is 8.59. The summed E-state index contributed by atoms with van der Waals surface area (Å²) in [6.45, 7) is 3.70. The maximum Gasteiger partial charge on any atom is 0.311 e. The van der Waals surface area contributed by atoms with Crippen molar-refractivity contribution in [1.29, 1.82) is 0 Å². The summed E-state index contributed by atoms with van der Waals surface area (Å²) in [7, 11) is 0. The van der Waals surface area contributed by atoms with Crippen molar-refractivity contribution in [2.45, 2.75) is 32.7 Å². The minimum Gasteiger partial charge on any atom is -0.466 e. The molecule has 0 atom stereocenters. The Hall–Kier alpha value is -1.79. The summed E-state index contributed by atoms with van der Waals surface area (Å²) < 4.78 is 18.0. The third kappa shape index (κ3) is 6.46. The second kappa shape index (κ2) is 9.37. The van der Waals surface area contributed by atoms with Crippen LogP contribution >= 0.6 is 11.3 Å². The minimum absolute atomic E-state index is 0.188. The first-order valence-electron chi connectivity index (χ1n) is 7.71. The number of carbonyl (C=O) groups is 1. The first-order chi connectivity index (χ1) is 11.2. The largest absolute Gasteiger partial charge is 0.466 e. The van der Waals surface area contributed by atoms with Crippen molar-refractivity contribution < 1.29 is 13.9 Å². The van der Waals surface area contributed by atoms with Gasteiger partial charge in [-0.1, -0.05) is 12.1 Å². The lowest BCUT2D eigenvalue weighted by atomic mass is 10.1. The van der Waals surface area contributed by atoms with E-state index in [9.17, 15) is 9.18 Å². The molecule has 0 radical (unpaired) electrons. The number of hydrogen-bond donors (Lipinski definition) is 1. The Kier molecular flexibility index (Phi) is 7.16. The Labute approximate surface area is 139 Å². The summed E-state index contributed by atoms with van der Waals surface area (Å²) >= 11 is 1.54. The molecule has 1 aromatic carbocycles. The van der Waals surface area contributed by atoms with Crippen LogP contribution < -0.4 is 5.32 Å². The van der Waals surface area contributed by atoms with Crippen LogP contribution in [0.25, 0.3) is 0 Å². The zero-order valence-corrected chi connectivity index (χ0v) is 14.0. The lowest BCUT2D eigenvalue weighted by Crippen LogP contribution is -2.15. The lowest BCUT2D eigenvalue weighted by molar-refractivity contribution is -0.142. The summed E-state index contributed by atoms with van der Waals surface area (Å²) in [5.74, 6) is -0.431. The van der Waals surface area contributed by atoms with Crippen LogP contribution in [0.3, 0.4) is 0 Å². The van der Waals surface area contributed by atoms with E-state index >= 15 is 0 Å². The van der Waals surface area contributed by atoms with Crippen molar-refractivity contribution in [3.05, 3.63) is 51.7 Å². The van der Waals surface area contributed by atoms with Crippen LogP contribution in [0.15, 0.2) is 29.6 Å². The summed E-state index contributed by atoms with van der Waals surface area (Å²) in [5.41, 5.74) is 1.77. The van der Waals surface area contributed by atoms with E-state index in [4.69, 9.17) is 4.74 Å². The highest BCUT2D eigenvalue weighted by atomic mass is 32.1. The van der Waals surface area contributed by atoms with E-state index in [1.807, 2.05) is 11.4 Å². The van der Waals surface area contributed by atoms with E-state index < -0.39 is 0 Å². The van der Waals surface area contributed by atoms with Gasteiger partial charge >= 0.3 is 5.97 Å². The molecule has 1 aromatic heterocycles. The standard InChI is InChI=1S/C17H21FN2O2S/c1-2-22-17(21)10-15-12-23-16(20-15)11-19-8-4-6-13-5-3-7-14(18)9-13/h3,5,7,9,12,19H,2,4,6,8,10-11H2,1H3. The van der Waals surface area contributed by atoms with Gasteiger partial charge in [-0.05, 0) is 44.0 Å². The van der Waals surface area contributed by atoms with E-state index in [0.29, 0.717) is 13.2 Å². The minimum atomic E-state index is -0.243. The summed E-state index contributed by atoms with van der Waals surface area (Å²) in [6, 6.07) is 6.70. The molecule has 124 valence electrons. The van der Waals surface area contributed by atoms with Crippen molar-refractivity contribution in [3.8, 4) is 0 Å². The number of esters is 1. The molecular formula is C17H21FN2O2S. The first kappa shape index (κ1) is 17.6. The van der Waals surface area contributed by atoms with Crippen LogP contribution in [0, 0.1) is 5.82 Å². The Morgan fingerprint density at radius 3 is 3.09 bits per heavy atom. The maximum absolute atomic E-state index is 13.0. The van der Waals surface area contributed by atoms with Gasteiger partial charge < -0.3 is 10.1 Å². The van der Waals surface area contributed by atoms with E-state index in [0.717, 1.165) is 35.7 Å². The SMILES string of the molecule is CCOC(=O)Cc1csc(CNCCCc2cccc(F)c2)n1. The van der Waals surface area contributed by atoms with Crippen LogP contribution in [0.5, 0.6) is 0 Å². The highest BCUT2D eigenvalue weighted by Crippen LogP contribution is 2.11. The predicted molar refractivity (Wildman–Crippen MR) is 88.9 cm³/mol. The van der Waals surface area contributed by atoms with Crippen molar-refractivity contribution in [3.63, 3.8) is 0 Å². The van der Waals surface area contributed by atoms with E-state index in [1.54, 1.807) is 19.1 Å². The van der Waals surface area contributed by atoms with E-state index in [1.165, 1.54) is 17.4 Å². The predicted octanol–water partition coefficient (Wildman–Crippen LogP) is 3.11. The molecular weight excluding hydrogens is 315 g/mol. The Morgan fingerprint density at radius 2 is 2.30 bits per heavy atom. The number of nitrogens with one attached hydrogen (secondary N) is 1. The van der Waals surface area contributed by atoms with Gasteiger partial charge in [0.25, 0.3) is 0 Å². The molecule has 0 fully saturated rings. The lowest BCUT2D eigenvalue weighted by Gasteiger charge is -2.03. The van der Waals surface area contributed by atoms with Gasteiger partial charge in [0.05, 0.1) is 18.7 Å². The van der Waals surface area contributed by atoms with Crippen LogP contribution in [0.2, 0.25) is 0 Å². The third-order valence-electron chi connectivity index (χ3n) is 3.21. The summed E-state index contributed by atoms with van der Waals surface area (Å²) in [4.78, 5) is 15.8. The molecule has 0 saturated heterocycles. The van der Waals surface area contributed by atoms with Gasteiger partial charge in [-0.15, -0.1) is 11.3 Å². The number of aromatic nitrogens is 1. The van der Waals surface area contributed by atoms with E-state index in [-0.39, 0.29) is 18.2 Å². The van der Waals surface area contributed by atoms with Crippen LogP contribution in [-0.2, 0) is 28.9 Å². The molecule has 0 saturated carbocycles. The number of aryl methyl sites for hydroxylation is 1.